The normalized spacial score (nSPS) is 14.4. The summed E-state index contributed by atoms with van der Waals surface area (Å²) in [6.07, 6.45) is 2.60. The number of anilines is 2. The third kappa shape index (κ3) is 3.27. The van der Waals surface area contributed by atoms with E-state index in [4.69, 9.17) is 4.98 Å². The van der Waals surface area contributed by atoms with E-state index in [0.717, 1.165) is 18.2 Å². The molecule has 0 spiro atoms. The standard InChI is InChI=1S/C17H23N3S/c1-4-18-11-15-16(13-8-9-13)19-17(21-15)20(3)14-7-5-6-12(2)10-14/h5-7,10,13,18H,4,8-9,11H2,1-3H3. The van der Waals surface area contributed by atoms with Crippen LogP contribution in [0.25, 0.3) is 0 Å². The Morgan fingerprint density at radius 1 is 1.38 bits per heavy atom. The molecule has 4 heteroatoms. The maximum Gasteiger partial charge on any atom is 0.190 e. The van der Waals surface area contributed by atoms with Crippen LogP contribution in [0.4, 0.5) is 10.8 Å². The Morgan fingerprint density at radius 3 is 2.86 bits per heavy atom. The summed E-state index contributed by atoms with van der Waals surface area (Å²) in [6.45, 7) is 6.23. The van der Waals surface area contributed by atoms with Gasteiger partial charge in [-0.05, 0) is 44.0 Å². The van der Waals surface area contributed by atoms with Gasteiger partial charge in [0, 0.05) is 30.1 Å². The summed E-state index contributed by atoms with van der Waals surface area (Å²) in [5.74, 6) is 0.703. The highest BCUT2D eigenvalue weighted by Gasteiger charge is 2.30. The van der Waals surface area contributed by atoms with Gasteiger partial charge in [-0.2, -0.15) is 0 Å². The number of nitrogens with one attached hydrogen (secondary N) is 1. The number of rotatable bonds is 6. The molecule has 0 unspecified atom stereocenters. The molecule has 112 valence electrons. The summed E-state index contributed by atoms with van der Waals surface area (Å²) in [5, 5.41) is 4.55. The van der Waals surface area contributed by atoms with Crippen LogP contribution in [0.3, 0.4) is 0 Å². The molecular weight excluding hydrogens is 278 g/mol. The van der Waals surface area contributed by atoms with Gasteiger partial charge in [0.25, 0.3) is 0 Å². The molecule has 3 rings (SSSR count). The highest BCUT2D eigenvalue weighted by Crippen LogP contribution is 2.44. The molecule has 1 aromatic carbocycles. The molecule has 1 aliphatic carbocycles. The highest BCUT2D eigenvalue weighted by molar-refractivity contribution is 7.15. The van der Waals surface area contributed by atoms with Crippen LogP contribution in [0.15, 0.2) is 24.3 Å². The second-order valence-electron chi connectivity index (χ2n) is 5.76. The SMILES string of the molecule is CCNCc1sc(N(C)c2cccc(C)c2)nc1C1CC1. The van der Waals surface area contributed by atoms with Crippen LogP contribution in [0.2, 0.25) is 0 Å². The van der Waals surface area contributed by atoms with E-state index in [1.807, 2.05) is 11.3 Å². The molecule has 0 saturated heterocycles. The molecule has 1 aromatic heterocycles. The molecule has 1 aliphatic rings. The predicted molar refractivity (Wildman–Crippen MR) is 90.7 cm³/mol. The fraction of sp³-hybridized carbons (Fsp3) is 0.471. The van der Waals surface area contributed by atoms with Crippen molar-refractivity contribution in [3.8, 4) is 0 Å². The van der Waals surface area contributed by atoms with Crippen LogP contribution >= 0.6 is 11.3 Å². The predicted octanol–water partition coefficient (Wildman–Crippen LogP) is 4.21. The largest absolute Gasteiger partial charge is 0.321 e. The minimum absolute atomic E-state index is 0.703. The maximum atomic E-state index is 4.94. The average Bonchev–Trinajstić information content (AvgIpc) is 3.24. The summed E-state index contributed by atoms with van der Waals surface area (Å²) in [5.41, 5.74) is 3.82. The summed E-state index contributed by atoms with van der Waals surface area (Å²) >= 11 is 1.83. The number of aryl methyl sites for hydroxylation is 1. The van der Waals surface area contributed by atoms with Crippen LogP contribution in [0.5, 0.6) is 0 Å². The molecular formula is C17H23N3S. The van der Waals surface area contributed by atoms with Crippen molar-refractivity contribution in [3.63, 3.8) is 0 Å². The molecule has 1 N–H and O–H groups in total. The lowest BCUT2D eigenvalue weighted by Crippen LogP contribution is -2.11. The molecule has 1 saturated carbocycles. The van der Waals surface area contributed by atoms with Crippen LogP contribution in [0, 0.1) is 6.92 Å². The molecule has 3 nitrogen and oxygen atoms in total. The quantitative estimate of drug-likeness (QED) is 0.866. The van der Waals surface area contributed by atoms with Crippen molar-refractivity contribution in [2.24, 2.45) is 0 Å². The molecule has 0 aliphatic heterocycles. The van der Waals surface area contributed by atoms with Crippen molar-refractivity contribution >= 4 is 22.2 Å². The fourth-order valence-corrected chi connectivity index (χ4v) is 3.58. The van der Waals surface area contributed by atoms with Crippen LogP contribution in [0.1, 0.15) is 41.8 Å². The van der Waals surface area contributed by atoms with Crippen LogP contribution in [-0.2, 0) is 6.54 Å². The van der Waals surface area contributed by atoms with Gasteiger partial charge in [0.05, 0.1) is 5.69 Å². The maximum absolute atomic E-state index is 4.94. The molecule has 2 aromatic rings. The van der Waals surface area contributed by atoms with Gasteiger partial charge in [-0.1, -0.05) is 30.4 Å². The van der Waals surface area contributed by atoms with E-state index < -0.39 is 0 Å². The van der Waals surface area contributed by atoms with Gasteiger partial charge in [-0.25, -0.2) is 4.98 Å². The van der Waals surface area contributed by atoms with Crippen molar-refractivity contribution in [2.45, 2.75) is 39.2 Å². The average molecular weight is 301 g/mol. The molecule has 0 amide bonds. The molecule has 0 atom stereocenters. The molecule has 0 radical (unpaired) electrons. The van der Waals surface area contributed by atoms with Gasteiger partial charge >= 0.3 is 0 Å². The van der Waals surface area contributed by atoms with E-state index in [2.05, 4.69) is 55.4 Å². The first kappa shape index (κ1) is 14.5. The van der Waals surface area contributed by atoms with Crippen molar-refractivity contribution in [1.82, 2.24) is 10.3 Å². The number of thiazole rings is 1. The van der Waals surface area contributed by atoms with Crippen molar-refractivity contribution in [2.75, 3.05) is 18.5 Å². The number of benzene rings is 1. The zero-order valence-electron chi connectivity index (χ0n) is 13.0. The van der Waals surface area contributed by atoms with E-state index in [-0.39, 0.29) is 0 Å². The monoisotopic (exact) mass is 301 g/mol. The molecule has 1 heterocycles. The first-order valence-electron chi connectivity index (χ1n) is 7.69. The smallest absolute Gasteiger partial charge is 0.190 e. The van der Waals surface area contributed by atoms with Crippen molar-refractivity contribution in [1.29, 1.82) is 0 Å². The Morgan fingerprint density at radius 2 is 2.19 bits per heavy atom. The lowest BCUT2D eigenvalue weighted by atomic mass is 10.2. The van der Waals surface area contributed by atoms with Gasteiger partial charge < -0.3 is 10.2 Å². The Balaban J connectivity index is 1.87. The highest BCUT2D eigenvalue weighted by atomic mass is 32.1. The number of aromatic nitrogens is 1. The number of hydrogen-bond donors (Lipinski definition) is 1. The van der Waals surface area contributed by atoms with E-state index in [1.54, 1.807) is 0 Å². The lowest BCUT2D eigenvalue weighted by molar-refractivity contribution is 0.726. The van der Waals surface area contributed by atoms with Crippen molar-refractivity contribution in [3.05, 3.63) is 40.4 Å². The van der Waals surface area contributed by atoms with E-state index in [0.29, 0.717) is 5.92 Å². The molecule has 1 fully saturated rings. The summed E-state index contributed by atoms with van der Waals surface area (Å²) in [6, 6.07) is 8.60. The minimum Gasteiger partial charge on any atom is -0.321 e. The zero-order chi connectivity index (χ0) is 14.8. The third-order valence-corrected chi connectivity index (χ3v) is 5.04. The first-order valence-corrected chi connectivity index (χ1v) is 8.51. The van der Waals surface area contributed by atoms with Gasteiger partial charge in [-0.3, -0.25) is 0 Å². The fourth-order valence-electron chi connectivity index (χ4n) is 2.48. The third-order valence-electron chi connectivity index (χ3n) is 3.89. The van der Waals surface area contributed by atoms with Gasteiger partial charge in [0.1, 0.15) is 0 Å². The second kappa shape index (κ2) is 6.16. The second-order valence-corrected chi connectivity index (χ2v) is 6.82. The Bertz CT molecular complexity index is 616. The van der Waals surface area contributed by atoms with Crippen molar-refractivity contribution < 1.29 is 0 Å². The summed E-state index contributed by atoms with van der Waals surface area (Å²) in [7, 11) is 2.11. The van der Waals surface area contributed by atoms with Crippen LogP contribution < -0.4 is 10.2 Å². The van der Waals surface area contributed by atoms with Gasteiger partial charge in [0.15, 0.2) is 5.13 Å². The number of hydrogen-bond acceptors (Lipinski definition) is 4. The minimum atomic E-state index is 0.703. The van der Waals surface area contributed by atoms with E-state index in [1.165, 1.54) is 34.7 Å². The van der Waals surface area contributed by atoms with Gasteiger partial charge in [0.2, 0.25) is 0 Å². The lowest BCUT2D eigenvalue weighted by Gasteiger charge is -2.16. The van der Waals surface area contributed by atoms with Gasteiger partial charge in [-0.15, -0.1) is 0 Å². The van der Waals surface area contributed by atoms with E-state index >= 15 is 0 Å². The Hall–Kier alpha value is -1.39. The Kier molecular flexibility index (Phi) is 4.27. The Labute approximate surface area is 131 Å². The summed E-state index contributed by atoms with van der Waals surface area (Å²) < 4.78 is 0. The topological polar surface area (TPSA) is 28.2 Å². The zero-order valence-corrected chi connectivity index (χ0v) is 13.8. The van der Waals surface area contributed by atoms with E-state index in [9.17, 15) is 0 Å². The molecule has 21 heavy (non-hydrogen) atoms. The van der Waals surface area contributed by atoms with Crippen LogP contribution in [-0.4, -0.2) is 18.6 Å². The number of nitrogens with zero attached hydrogens (tertiary/aromatic N) is 2. The first-order chi connectivity index (χ1) is 10.2. The molecule has 0 bridgehead atoms. The summed E-state index contributed by atoms with van der Waals surface area (Å²) in [4.78, 5) is 8.55.